The normalized spacial score (nSPS) is 14.9. The molecule has 0 radical (unpaired) electrons. The van der Waals surface area contributed by atoms with Gasteiger partial charge < -0.3 is 10.2 Å². The molecule has 0 aromatic heterocycles. The summed E-state index contributed by atoms with van der Waals surface area (Å²) in [7, 11) is 1.87. The summed E-state index contributed by atoms with van der Waals surface area (Å²) in [4.78, 5) is 13.6. The number of amides is 1. The maximum atomic E-state index is 11.8. The van der Waals surface area contributed by atoms with Gasteiger partial charge in [-0.25, -0.2) is 0 Å². The van der Waals surface area contributed by atoms with Crippen LogP contribution in [-0.2, 0) is 4.79 Å². The molecule has 4 heteroatoms. The molecular weight excluding hydrogens is 196 g/mol. The highest BCUT2D eigenvalue weighted by molar-refractivity contribution is 7.98. The van der Waals surface area contributed by atoms with Crippen molar-refractivity contribution in [3.05, 3.63) is 11.1 Å². The van der Waals surface area contributed by atoms with Crippen LogP contribution in [0.3, 0.4) is 0 Å². The van der Waals surface area contributed by atoms with E-state index in [1.807, 2.05) is 14.0 Å². The fourth-order valence-electron chi connectivity index (χ4n) is 1.28. The van der Waals surface area contributed by atoms with Crippen molar-refractivity contribution in [3.8, 4) is 0 Å². The molecule has 3 nitrogen and oxygen atoms in total. The van der Waals surface area contributed by atoms with Crippen LogP contribution < -0.4 is 5.32 Å². The first-order valence-electron chi connectivity index (χ1n) is 4.80. The molecule has 1 saturated heterocycles. The van der Waals surface area contributed by atoms with Gasteiger partial charge in [0.25, 0.3) is 0 Å². The number of rotatable bonds is 4. The van der Waals surface area contributed by atoms with Crippen molar-refractivity contribution >= 4 is 17.7 Å². The van der Waals surface area contributed by atoms with Gasteiger partial charge in [0, 0.05) is 38.0 Å². The van der Waals surface area contributed by atoms with Crippen LogP contribution in [0.1, 0.15) is 6.92 Å². The van der Waals surface area contributed by atoms with Crippen LogP contribution in [0, 0.1) is 0 Å². The smallest absolute Gasteiger partial charge is 0.249 e. The average Bonchev–Trinajstić information content (AvgIpc) is 2.10. The zero-order chi connectivity index (χ0) is 10.6. The maximum absolute atomic E-state index is 11.8. The van der Waals surface area contributed by atoms with Crippen molar-refractivity contribution in [2.24, 2.45) is 0 Å². The molecule has 14 heavy (non-hydrogen) atoms. The predicted molar refractivity (Wildman–Crippen MR) is 61.6 cm³/mol. The SMILES string of the molecule is CSCCN(C)C(=O)C(C)=C1CNC1. The van der Waals surface area contributed by atoms with Gasteiger partial charge in [-0.05, 0) is 18.8 Å². The molecule has 0 unspecified atom stereocenters. The molecule has 0 atom stereocenters. The molecule has 0 spiro atoms. The molecule has 0 aliphatic carbocycles. The highest BCUT2D eigenvalue weighted by Gasteiger charge is 2.18. The van der Waals surface area contributed by atoms with Crippen LogP contribution in [0.2, 0.25) is 0 Å². The number of nitrogens with one attached hydrogen (secondary N) is 1. The summed E-state index contributed by atoms with van der Waals surface area (Å²) < 4.78 is 0. The van der Waals surface area contributed by atoms with E-state index in [0.717, 1.165) is 31.0 Å². The molecular formula is C10H18N2OS. The Labute approximate surface area is 89.9 Å². The van der Waals surface area contributed by atoms with Gasteiger partial charge in [-0.15, -0.1) is 0 Å². The van der Waals surface area contributed by atoms with Gasteiger partial charge in [0.1, 0.15) is 0 Å². The van der Waals surface area contributed by atoms with Gasteiger partial charge in [-0.3, -0.25) is 4.79 Å². The van der Waals surface area contributed by atoms with E-state index in [-0.39, 0.29) is 5.91 Å². The molecule has 0 saturated carbocycles. The molecule has 80 valence electrons. The fraction of sp³-hybridized carbons (Fsp3) is 0.700. The molecule has 1 fully saturated rings. The Morgan fingerprint density at radius 2 is 2.21 bits per heavy atom. The van der Waals surface area contributed by atoms with Crippen molar-refractivity contribution in [1.82, 2.24) is 10.2 Å². The Balaban J connectivity index is 2.47. The summed E-state index contributed by atoms with van der Waals surface area (Å²) in [6, 6.07) is 0. The summed E-state index contributed by atoms with van der Waals surface area (Å²) in [5.74, 6) is 1.18. The van der Waals surface area contributed by atoms with Gasteiger partial charge >= 0.3 is 0 Å². The predicted octanol–water partition coefficient (Wildman–Crippen LogP) is 0.727. The number of hydrogen-bond donors (Lipinski definition) is 1. The lowest BCUT2D eigenvalue weighted by Gasteiger charge is -2.24. The standard InChI is InChI=1S/C10H18N2OS/c1-8(9-6-11-7-9)10(13)12(2)4-5-14-3/h11H,4-7H2,1-3H3. The first kappa shape index (κ1) is 11.6. The molecule has 1 amide bonds. The number of nitrogens with zero attached hydrogens (tertiary/aromatic N) is 1. The van der Waals surface area contributed by atoms with E-state index < -0.39 is 0 Å². The third kappa shape index (κ3) is 2.75. The van der Waals surface area contributed by atoms with Crippen LogP contribution in [0.4, 0.5) is 0 Å². The maximum Gasteiger partial charge on any atom is 0.249 e. The Hall–Kier alpha value is -0.480. The van der Waals surface area contributed by atoms with Crippen molar-refractivity contribution in [2.45, 2.75) is 6.92 Å². The number of thioether (sulfide) groups is 1. The summed E-state index contributed by atoms with van der Waals surface area (Å²) in [6.07, 6.45) is 2.06. The number of carbonyl (C=O) groups excluding carboxylic acids is 1. The average molecular weight is 214 g/mol. The minimum absolute atomic E-state index is 0.176. The first-order chi connectivity index (χ1) is 6.66. The van der Waals surface area contributed by atoms with Gasteiger partial charge in [0.15, 0.2) is 0 Å². The van der Waals surface area contributed by atoms with Crippen molar-refractivity contribution in [2.75, 3.05) is 38.7 Å². The molecule has 0 aromatic rings. The second-order valence-electron chi connectivity index (χ2n) is 3.55. The fourth-order valence-corrected chi connectivity index (χ4v) is 1.74. The summed E-state index contributed by atoms with van der Waals surface area (Å²) in [6.45, 7) is 4.52. The zero-order valence-electron chi connectivity index (χ0n) is 9.09. The van der Waals surface area contributed by atoms with Crippen LogP contribution in [0.5, 0.6) is 0 Å². The summed E-state index contributed by atoms with van der Waals surface area (Å²) >= 11 is 1.76. The molecule has 0 bridgehead atoms. The first-order valence-corrected chi connectivity index (χ1v) is 6.20. The number of likely N-dealkylation sites (N-methyl/N-ethyl adjacent to an activating group) is 1. The van der Waals surface area contributed by atoms with Gasteiger partial charge in [0.05, 0.1) is 0 Å². The molecule has 1 aliphatic heterocycles. The van der Waals surface area contributed by atoms with E-state index in [0.29, 0.717) is 0 Å². The Morgan fingerprint density at radius 1 is 1.57 bits per heavy atom. The van der Waals surface area contributed by atoms with Gasteiger partial charge in [-0.1, -0.05) is 0 Å². The van der Waals surface area contributed by atoms with E-state index in [9.17, 15) is 4.79 Å². The number of hydrogen-bond acceptors (Lipinski definition) is 3. The zero-order valence-corrected chi connectivity index (χ0v) is 9.91. The van der Waals surface area contributed by atoms with E-state index in [4.69, 9.17) is 0 Å². The highest BCUT2D eigenvalue weighted by atomic mass is 32.2. The minimum Gasteiger partial charge on any atom is -0.341 e. The largest absolute Gasteiger partial charge is 0.341 e. The second kappa shape index (κ2) is 5.41. The van der Waals surface area contributed by atoms with E-state index in [2.05, 4.69) is 11.6 Å². The molecule has 1 heterocycles. The Morgan fingerprint density at radius 3 is 2.64 bits per heavy atom. The third-order valence-corrected chi connectivity index (χ3v) is 3.10. The summed E-state index contributed by atoms with van der Waals surface area (Å²) in [5, 5.41) is 3.15. The van der Waals surface area contributed by atoms with Crippen molar-refractivity contribution in [3.63, 3.8) is 0 Å². The highest BCUT2D eigenvalue weighted by Crippen LogP contribution is 2.11. The quantitative estimate of drug-likeness (QED) is 0.700. The minimum atomic E-state index is 0.176. The van der Waals surface area contributed by atoms with Gasteiger partial charge in [0.2, 0.25) is 5.91 Å². The Bertz CT molecular complexity index is 245. The van der Waals surface area contributed by atoms with Crippen LogP contribution >= 0.6 is 11.8 Å². The lowest BCUT2D eigenvalue weighted by atomic mass is 10.0. The molecule has 0 aromatic carbocycles. The lowest BCUT2D eigenvalue weighted by Crippen LogP contribution is -2.38. The van der Waals surface area contributed by atoms with Crippen molar-refractivity contribution < 1.29 is 4.79 Å². The monoisotopic (exact) mass is 214 g/mol. The second-order valence-corrected chi connectivity index (χ2v) is 4.54. The lowest BCUT2D eigenvalue weighted by molar-refractivity contribution is -0.125. The van der Waals surface area contributed by atoms with Crippen LogP contribution in [0.15, 0.2) is 11.1 Å². The third-order valence-electron chi connectivity index (χ3n) is 2.51. The number of carbonyl (C=O) groups is 1. The van der Waals surface area contributed by atoms with Crippen LogP contribution in [0.25, 0.3) is 0 Å². The Kier molecular flexibility index (Phi) is 4.48. The molecule has 1 rings (SSSR count). The molecule has 1 N–H and O–H groups in total. The van der Waals surface area contributed by atoms with Crippen molar-refractivity contribution in [1.29, 1.82) is 0 Å². The topological polar surface area (TPSA) is 32.3 Å². The van der Waals surface area contributed by atoms with Crippen LogP contribution in [-0.4, -0.2) is 49.5 Å². The van der Waals surface area contributed by atoms with E-state index in [1.54, 1.807) is 16.7 Å². The van der Waals surface area contributed by atoms with Gasteiger partial charge in [-0.2, -0.15) is 11.8 Å². The van der Waals surface area contributed by atoms with E-state index >= 15 is 0 Å². The summed E-state index contributed by atoms with van der Waals surface area (Å²) in [5.41, 5.74) is 2.18. The van der Waals surface area contributed by atoms with E-state index in [1.165, 1.54) is 5.57 Å². The molecule has 1 aliphatic rings.